The molecule has 0 spiro atoms. The molecule has 0 saturated heterocycles. The number of hydrogen-bond donors (Lipinski definition) is 1. The first-order chi connectivity index (χ1) is 12.0. The van der Waals surface area contributed by atoms with E-state index >= 15 is 0 Å². The molecule has 0 radical (unpaired) electrons. The average Bonchev–Trinajstić information content (AvgIpc) is 2.98. The van der Waals surface area contributed by atoms with Gasteiger partial charge in [-0.05, 0) is 19.1 Å². The summed E-state index contributed by atoms with van der Waals surface area (Å²) in [7, 11) is 1.88. The molecular formula is C17H16ClN5OS. The van der Waals surface area contributed by atoms with E-state index in [4.69, 9.17) is 11.6 Å². The number of carbonyl (C=O) groups excluding carboxylic acids is 1. The summed E-state index contributed by atoms with van der Waals surface area (Å²) < 4.78 is 1.88. The van der Waals surface area contributed by atoms with E-state index in [1.54, 1.807) is 12.1 Å². The Morgan fingerprint density at radius 3 is 2.64 bits per heavy atom. The SMILES string of the molecule is CC(Sc1nnc(-c2ccccc2)n1C)C(=O)Nc1ccc(Cl)cn1. The van der Waals surface area contributed by atoms with Crippen LogP contribution in [-0.4, -0.2) is 30.9 Å². The molecule has 3 rings (SSSR count). The van der Waals surface area contributed by atoms with Crippen molar-refractivity contribution < 1.29 is 4.79 Å². The number of halogens is 1. The number of benzene rings is 1. The lowest BCUT2D eigenvalue weighted by molar-refractivity contribution is -0.115. The number of rotatable bonds is 5. The Hall–Kier alpha value is -2.38. The molecule has 0 fully saturated rings. The second-order valence-electron chi connectivity index (χ2n) is 5.34. The van der Waals surface area contributed by atoms with Crippen LogP contribution in [-0.2, 0) is 11.8 Å². The Bertz CT molecular complexity index is 867. The molecule has 0 aliphatic rings. The number of aromatic nitrogens is 4. The van der Waals surface area contributed by atoms with Crippen LogP contribution in [0.4, 0.5) is 5.82 Å². The number of thioether (sulfide) groups is 1. The standard InChI is InChI=1S/C17H16ClN5OS/c1-11(16(24)20-14-9-8-13(18)10-19-14)25-17-22-21-15(23(17)2)12-6-4-3-5-7-12/h3-11H,1-2H3,(H,19,20,24). The normalized spacial score (nSPS) is 12.0. The van der Waals surface area contributed by atoms with Gasteiger partial charge in [-0.1, -0.05) is 53.7 Å². The number of carbonyl (C=O) groups is 1. The first-order valence-electron chi connectivity index (χ1n) is 7.58. The minimum absolute atomic E-state index is 0.163. The fourth-order valence-electron chi connectivity index (χ4n) is 2.15. The third-order valence-corrected chi connectivity index (χ3v) is 4.85. The van der Waals surface area contributed by atoms with Gasteiger partial charge in [-0.3, -0.25) is 4.79 Å². The summed E-state index contributed by atoms with van der Waals surface area (Å²) in [6, 6.07) is 13.1. The summed E-state index contributed by atoms with van der Waals surface area (Å²) in [6.07, 6.45) is 1.49. The summed E-state index contributed by atoms with van der Waals surface area (Å²) in [6.45, 7) is 1.81. The fourth-order valence-corrected chi connectivity index (χ4v) is 3.07. The highest BCUT2D eigenvalue weighted by molar-refractivity contribution is 8.00. The van der Waals surface area contributed by atoms with E-state index in [2.05, 4.69) is 20.5 Å². The van der Waals surface area contributed by atoms with Gasteiger partial charge in [0.05, 0.1) is 10.3 Å². The van der Waals surface area contributed by atoms with Crippen molar-refractivity contribution in [1.82, 2.24) is 19.7 Å². The summed E-state index contributed by atoms with van der Waals surface area (Å²) in [5.41, 5.74) is 0.979. The molecule has 8 heteroatoms. The van der Waals surface area contributed by atoms with Gasteiger partial charge in [0.15, 0.2) is 11.0 Å². The van der Waals surface area contributed by atoms with Crippen LogP contribution in [0, 0.1) is 0 Å². The van der Waals surface area contributed by atoms with Crippen LogP contribution in [0.2, 0.25) is 5.02 Å². The van der Waals surface area contributed by atoms with E-state index in [9.17, 15) is 4.79 Å². The quantitative estimate of drug-likeness (QED) is 0.691. The van der Waals surface area contributed by atoms with E-state index in [0.29, 0.717) is 16.0 Å². The molecule has 0 aliphatic carbocycles. The molecule has 1 atom stereocenters. The largest absolute Gasteiger partial charge is 0.310 e. The number of anilines is 1. The Labute approximate surface area is 154 Å². The Morgan fingerprint density at radius 2 is 1.96 bits per heavy atom. The van der Waals surface area contributed by atoms with Crippen LogP contribution in [0.1, 0.15) is 6.92 Å². The minimum atomic E-state index is -0.357. The van der Waals surface area contributed by atoms with Crippen molar-refractivity contribution in [2.75, 3.05) is 5.32 Å². The molecule has 1 aromatic carbocycles. The molecule has 0 saturated carbocycles. The predicted octanol–water partition coefficient (Wildman–Crippen LogP) is 3.65. The molecule has 1 amide bonds. The van der Waals surface area contributed by atoms with Crippen molar-refractivity contribution in [2.45, 2.75) is 17.3 Å². The molecule has 0 bridgehead atoms. The van der Waals surface area contributed by atoms with Gasteiger partial charge in [0.1, 0.15) is 5.82 Å². The van der Waals surface area contributed by atoms with Crippen molar-refractivity contribution in [2.24, 2.45) is 7.05 Å². The highest BCUT2D eigenvalue weighted by Crippen LogP contribution is 2.26. The monoisotopic (exact) mass is 373 g/mol. The molecule has 0 aliphatic heterocycles. The van der Waals surface area contributed by atoms with Gasteiger partial charge >= 0.3 is 0 Å². The van der Waals surface area contributed by atoms with Crippen molar-refractivity contribution in [3.63, 3.8) is 0 Å². The second-order valence-corrected chi connectivity index (χ2v) is 7.09. The van der Waals surface area contributed by atoms with Gasteiger partial charge in [0, 0.05) is 18.8 Å². The van der Waals surface area contributed by atoms with Crippen molar-refractivity contribution in [3.05, 3.63) is 53.7 Å². The van der Waals surface area contributed by atoms with Crippen LogP contribution in [0.15, 0.2) is 53.8 Å². The third-order valence-electron chi connectivity index (χ3n) is 3.50. The lowest BCUT2D eigenvalue weighted by atomic mass is 10.2. The topological polar surface area (TPSA) is 72.7 Å². The Kier molecular flexibility index (Phi) is 5.35. The average molecular weight is 374 g/mol. The van der Waals surface area contributed by atoms with Crippen LogP contribution in [0.5, 0.6) is 0 Å². The van der Waals surface area contributed by atoms with Gasteiger partial charge in [-0.2, -0.15) is 0 Å². The molecule has 2 aromatic heterocycles. The maximum atomic E-state index is 12.3. The number of pyridine rings is 1. The summed E-state index contributed by atoms with van der Waals surface area (Å²) in [5.74, 6) is 1.06. The summed E-state index contributed by atoms with van der Waals surface area (Å²) in [4.78, 5) is 16.4. The number of hydrogen-bond acceptors (Lipinski definition) is 5. The van der Waals surface area contributed by atoms with E-state index in [1.807, 2.05) is 48.9 Å². The van der Waals surface area contributed by atoms with Gasteiger partial charge in [0.25, 0.3) is 0 Å². The van der Waals surface area contributed by atoms with Crippen molar-refractivity contribution in [3.8, 4) is 11.4 Å². The smallest absolute Gasteiger partial charge is 0.238 e. The van der Waals surface area contributed by atoms with Crippen LogP contribution < -0.4 is 5.32 Å². The van der Waals surface area contributed by atoms with E-state index in [0.717, 1.165) is 11.4 Å². The van der Waals surface area contributed by atoms with Crippen LogP contribution in [0.25, 0.3) is 11.4 Å². The molecule has 3 aromatic rings. The second kappa shape index (κ2) is 7.67. The van der Waals surface area contributed by atoms with Gasteiger partial charge in [-0.25, -0.2) is 4.98 Å². The van der Waals surface area contributed by atoms with E-state index < -0.39 is 0 Å². The molecule has 128 valence electrons. The fraction of sp³-hybridized carbons (Fsp3) is 0.176. The molecule has 1 unspecified atom stereocenters. The summed E-state index contributed by atoms with van der Waals surface area (Å²) >= 11 is 7.13. The van der Waals surface area contributed by atoms with Crippen LogP contribution in [0.3, 0.4) is 0 Å². The molecule has 25 heavy (non-hydrogen) atoms. The lowest BCUT2D eigenvalue weighted by Gasteiger charge is -2.11. The number of amides is 1. The highest BCUT2D eigenvalue weighted by atomic mass is 35.5. The highest BCUT2D eigenvalue weighted by Gasteiger charge is 2.19. The van der Waals surface area contributed by atoms with Crippen molar-refractivity contribution >= 4 is 35.1 Å². The molecule has 1 N–H and O–H groups in total. The maximum Gasteiger partial charge on any atom is 0.238 e. The van der Waals surface area contributed by atoms with E-state index in [1.165, 1.54) is 18.0 Å². The molecule has 6 nitrogen and oxygen atoms in total. The first-order valence-corrected chi connectivity index (χ1v) is 8.84. The maximum absolute atomic E-state index is 12.3. The Morgan fingerprint density at radius 1 is 1.20 bits per heavy atom. The number of nitrogens with one attached hydrogen (secondary N) is 1. The van der Waals surface area contributed by atoms with Gasteiger partial charge in [-0.15, -0.1) is 10.2 Å². The lowest BCUT2D eigenvalue weighted by Crippen LogP contribution is -2.23. The van der Waals surface area contributed by atoms with Crippen molar-refractivity contribution in [1.29, 1.82) is 0 Å². The zero-order chi connectivity index (χ0) is 17.8. The van der Waals surface area contributed by atoms with Gasteiger partial charge in [0.2, 0.25) is 5.91 Å². The zero-order valence-electron chi connectivity index (χ0n) is 13.7. The predicted molar refractivity (Wildman–Crippen MR) is 99.6 cm³/mol. The number of nitrogens with zero attached hydrogens (tertiary/aromatic N) is 4. The molecular weight excluding hydrogens is 358 g/mol. The molecule has 2 heterocycles. The summed E-state index contributed by atoms with van der Waals surface area (Å²) in [5, 5.41) is 12.0. The Balaban J connectivity index is 1.68. The van der Waals surface area contributed by atoms with Crippen LogP contribution >= 0.6 is 23.4 Å². The zero-order valence-corrected chi connectivity index (χ0v) is 15.3. The van der Waals surface area contributed by atoms with E-state index in [-0.39, 0.29) is 11.2 Å². The minimum Gasteiger partial charge on any atom is -0.310 e. The van der Waals surface area contributed by atoms with Gasteiger partial charge < -0.3 is 9.88 Å². The third kappa shape index (κ3) is 4.18. The first kappa shape index (κ1) is 17.4.